The summed E-state index contributed by atoms with van der Waals surface area (Å²) in [4.78, 5) is 11.9. The van der Waals surface area contributed by atoms with Crippen LogP contribution in [0.5, 0.6) is 0 Å². The Morgan fingerprint density at radius 3 is 2.00 bits per heavy atom. The highest BCUT2D eigenvalue weighted by atomic mass is 19.4. The molecule has 0 aromatic heterocycles. The lowest BCUT2D eigenvalue weighted by Crippen LogP contribution is -2.40. The molecule has 0 unspecified atom stereocenters. The molecule has 0 radical (unpaired) electrons. The van der Waals surface area contributed by atoms with Crippen LogP contribution in [0.2, 0.25) is 0 Å². The number of hydrogen-bond donors (Lipinski definition) is 2. The molecule has 0 spiro atoms. The maximum absolute atomic E-state index is 13.0. The summed E-state index contributed by atoms with van der Waals surface area (Å²) in [7, 11) is 0. The van der Waals surface area contributed by atoms with E-state index in [2.05, 4.69) is 5.32 Å². The van der Waals surface area contributed by atoms with Gasteiger partial charge in [0.15, 0.2) is 0 Å². The minimum absolute atomic E-state index is 0.0163. The van der Waals surface area contributed by atoms with Crippen LogP contribution in [0.15, 0.2) is 48.5 Å². The molecule has 29 heavy (non-hydrogen) atoms. The summed E-state index contributed by atoms with van der Waals surface area (Å²) in [5.41, 5.74) is 3.15. The van der Waals surface area contributed by atoms with Gasteiger partial charge in [-0.25, -0.2) is 4.79 Å². The van der Waals surface area contributed by atoms with Crippen LogP contribution in [-0.4, -0.2) is 12.1 Å². The summed E-state index contributed by atoms with van der Waals surface area (Å²) in [6, 6.07) is 7.43. The number of nitrogens with two attached hydrogens (primary N) is 1. The number of carbonyl (C=O) groups excluding carboxylic acids is 1. The molecule has 0 heterocycles. The normalized spacial score (nSPS) is 14.2. The van der Waals surface area contributed by atoms with E-state index in [4.69, 9.17) is 10.5 Å². The van der Waals surface area contributed by atoms with Gasteiger partial charge in [0.05, 0.1) is 11.1 Å². The molecule has 0 aliphatic carbocycles. The molecule has 0 saturated carbocycles. The summed E-state index contributed by atoms with van der Waals surface area (Å²) in [6.45, 7) is 1.29. The zero-order valence-electron chi connectivity index (χ0n) is 15.1. The van der Waals surface area contributed by atoms with E-state index in [9.17, 15) is 31.1 Å². The van der Waals surface area contributed by atoms with Gasteiger partial charge in [0.2, 0.25) is 0 Å². The van der Waals surface area contributed by atoms with Crippen molar-refractivity contribution >= 4 is 6.09 Å². The molecule has 0 aliphatic rings. The lowest BCUT2D eigenvalue weighted by Gasteiger charge is -2.23. The second-order valence-electron chi connectivity index (χ2n) is 6.36. The smallest absolute Gasteiger partial charge is 0.416 e. The SMILES string of the molecule is C[C@H](NC(=O)OCc1ccccc1)[C@H](N)c1cc(C(F)(F)F)cc(C(F)(F)F)c1. The predicted molar refractivity (Wildman–Crippen MR) is 92.6 cm³/mol. The molecule has 10 heteroatoms. The Hall–Kier alpha value is -2.75. The lowest BCUT2D eigenvalue weighted by molar-refractivity contribution is -0.143. The molecular weight excluding hydrogens is 402 g/mol. The molecule has 158 valence electrons. The number of carbonyl (C=O) groups is 1. The third kappa shape index (κ3) is 6.38. The van der Waals surface area contributed by atoms with Crippen molar-refractivity contribution in [2.24, 2.45) is 5.73 Å². The maximum Gasteiger partial charge on any atom is 0.416 e. The van der Waals surface area contributed by atoms with Crippen LogP contribution >= 0.6 is 0 Å². The highest BCUT2D eigenvalue weighted by Crippen LogP contribution is 2.37. The third-order valence-electron chi connectivity index (χ3n) is 4.09. The topological polar surface area (TPSA) is 64.3 Å². The van der Waals surface area contributed by atoms with Crippen molar-refractivity contribution in [1.29, 1.82) is 0 Å². The van der Waals surface area contributed by atoms with Crippen molar-refractivity contribution in [2.75, 3.05) is 0 Å². The van der Waals surface area contributed by atoms with Crippen LogP contribution in [0.1, 0.15) is 35.2 Å². The average Bonchev–Trinajstić information content (AvgIpc) is 2.64. The number of rotatable bonds is 5. The Balaban J connectivity index is 2.13. The first-order valence-electron chi connectivity index (χ1n) is 8.40. The second kappa shape index (κ2) is 8.73. The summed E-state index contributed by atoms with van der Waals surface area (Å²) < 4.78 is 82.8. The van der Waals surface area contributed by atoms with Crippen molar-refractivity contribution in [3.8, 4) is 0 Å². The molecule has 1 amide bonds. The van der Waals surface area contributed by atoms with Crippen LogP contribution in [-0.2, 0) is 23.7 Å². The first kappa shape index (κ1) is 22.5. The summed E-state index contributed by atoms with van der Waals surface area (Å²) in [5.74, 6) is 0. The Kier molecular flexibility index (Phi) is 6.78. The zero-order valence-corrected chi connectivity index (χ0v) is 15.1. The van der Waals surface area contributed by atoms with Crippen molar-refractivity contribution < 1.29 is 35.9 Å². The fraction of sp³-hybridized carbons (Fsp3) is 0.316. The van der Waals surface area contributed by atoms with Gasteiger partial charge in [0.25, 0.3) is 0 Å². The predicted octanol–water partition coefficient (Wildman–Crippen LogP) is 5.04. The van der Waals surface area contributed by atoms with E-state index in [1.807, 2.05) is 0 Å². The number of benzene rings is 2. The first-order chi connectivity index (χ1) is 13.4. The number of amides is 1. The van der Waals surface area contributed by atoms with Crippen LogP contribution < -0.4 is 11.1 Å². The summed E-state index contributed by atoms with van der Waals surface area (Å²) in [5, 5.41) is 2.32. The van der Waals surface area contributed by atoms with Gasteiger partial charge < -0.3 is 15.8 Å². The molecule has 2 aromatic rings. The first-order valence-corrected chi connectivity index (χ1v) is 8.40. The van der Waals surface area contributed by atoms with Crippen LogP contribution in [0.3, 0.4) is 0 Å². The van der Waals surface area contributed by atoms with Crippen LogP contribution in [0.4, 0.5) is 31.1 Å². The maximum atomic E-state index is 13.0. The van der Waals surface area contributed by atoms with Gasteiger partial charge >= 0.3 is 18.4 Å². The molecule has 0 fully saturated rings. The Labute approximate surface area is 162 Å². The number of ether oxygens (including phenoxy) is 1. The fourth-order valence-corrected chi connectivity index (χ4v) is 2.50. The van der Waals surface area contributed by atoms with E-state index in [1.54, 1.807) is 30.3 Å². The van der Waals surface area contributed by atoms with E-state index in [0.29, 0.717) is 17.7 Å². The molecule has 3 N–H and O–H groups in total. The zero-order chi connectivity index (χ0) is 21.8. The van der Waals surface area contributed by atoms with Gasteiger partial charge in [0, 0.05) is 12.1 Å². The number of hydrogen-bond acceptors (Lipinski definition) is 3. The number of halogens is 6. The number of alkyl carbamates (subject to hydrolysis) is 1. The van der Waals surface area contributed by atoms with Gasteiger partial charge in [0.1, 0.15) is 6.61 Å². The Bertz CT molecular complexity index is 805. The fourth-order valence-electron chi connectivity index (χ4n) is 2.50. The van der Waals surface area contributed by atoms with Crippen molar-refractivity contribution in [3.63, 3.8) is 0 Å². The quantitative estimate of drug-likeness (QED) is 0.667. The molecule has 2 atom stereocenters. The highest BCUT2D eigenvalue weighted by Gasteiger charge is 2.37. The Morgan fingerprint density at radius 1 is 1.00 bits per heavy atom. The Morgan fingerprint density at radius 2 is 1.52 bits per heavy atom. The van der Waals surface area contributed by atoms with Gasteiger partial charge in [-0.1, -0.05) is 30.3 Å². The van der Waals surface area contributed by atoms with Gasteiger partial charge in [-0.15, -0.1) is 0 Å². The van der Waals surface area contributed by atoms with Gasteiger partial charge in [-0.3, -0.25) is 0 Å². The minimum atomic E-state index is -4.99. The number of alkyl halides is 6. The largest absolute Gasteiger partial charge is 0.445 e. The highest BCUT2D eigenvalue weighted by molar-refractivity contribution is 5.67. The molecule has 0 aliphatic heterocycles. The number of nitrogens with one attached hydrogen (secondary N) is 1. The van der Waals surface area contributed by atoms with E-state index in [1.165, 1.54) is 6.92 Å². The minimum Gasteiger partial charge on any atom is -0.445 e. The van der Waals surface area contributed by atoms with E-state index < -0.39 is 47.2 Å². The molecular formula is C19H18F6N2O2. The molecule has 4 nitrogen and oxygen atoms in total. The molecule has 2 rings (SSSR count). The second-order valence-corrected chi connectivity index (χ2v) is 6.36. The van der Waals surface area contributed by atoms with Crippen LogP contribution in [0, 0.1) is 0 Å². The van der Waals surface area contributed by atoms with Crippen molar-refractivity contribution in [2.45, 2.75) is 38.0 Å². The van der Waals surface area contributed by atoms with Gasteiger partial charge in [-0.2, -0.15) is 26.3 Å². The van der Waals surface area contributed by atoms with E-state index in [-0.39, 0.29) is 12.7 Å². The lowest BCUT2D eigenvalue weighted by atomic mass is 9.96. The summed E-state index contributed by atoms with van der Waals surface area (Å²) in [6.07, 6.45) is -10.9. The van der Waals surface area contributed by atoms with Gasteiger partial charge in [-0.05, 0) is 36.2 Å². The third-order valence-corrected chi connectivity index (χ3v) is 4.09. The molecule has 2 aromatic carbocycles. The standard InChI is InChI=1S/C19H18F6N2O2/c1-11(27-17(28)29-10-12-5-3-2-4-6-12)16(26)13-7-14(18(20,21)22)9-15(8-13)19(23,24)25/h2-9,11,16H,10,26H2,1H3,(H,27,28)/t11-,16-/m0/s1. The molecule has 0 saturated heterocycles. The van der Waals surface area contributed by atoms with E-state index >= 15 is 0 Å². The van der Waals surface area contributed by atoms with Crippen molar-refractivity contribution in [1.82, 2.24) is 5.32 Å². The molecule has 0 bridgehead atoms. The summed E-state index contributed by atoms with van der Waals surface area (Å²) >= 11 is 0. The van der Waals surface area contributed by atoms with Crippen molar-refractivity contribution in [3.05, 3.63) is 70.8 Å². The van der Waals surface area contributed by atoms with Crippen LogP contribution in [0.25, 0.3) is 0 Å². The average molecular weight is 420 g/mol. The monoisotopic (exact) mass is 420 g/mol. The van der Waals surface area contributed by atoms with E-state index in [0.717, 1.165) is 0 Å².